The Morgan fingerprint density at radius 1 is 1.26 bits per heavy atom. The molecule has 0 aliphatic heterocycles. The van der Waals surface area contributed by atoms with E-state index >= 15 is 0 Å². The van der Waals surface area contributed by atoms with Crippen molar-refractivity contribution in [2.24, 2.45) is 0 Å². The first-order chi connectivity index (χ1) is 10.9. The Kier molecular flexibility index (Phi) is 4.60. The highest BCUT2D eigenvalue weighted by atomic mass is 16.6. The maximum Gasteiger partial charge on any atom is 0.373 e. The highest BCUT2D eigenvalue weighted by Gasteiger charge is 2.17. The fourth-order valence-corrected chi connectivity index (χ4v) is 1.71. The average molecular weight is 320 g/mol. The second-order valence-electron chi connectivity index (χ2n) is 4.36. The van der Waals surface area contributed by atoms with Crippen molar-refractivity contribution in [3.05, 3.63) is 57.5 Å². The predicted molar refractivity (Wildman–Crippen MR) is 76.7 cm³/mol. The maximum absolute atomic E-state index is 11.9. The Morgan fingerprint density at radius 3 is 2.65 bits per heavy atom. The number of carbonyl (C=O) groups excluding carboxylic acids is 2. The number of hydrogen-bond acceptors (Lipinski definition) is 8. The SMILES string of the molecule is COC(=O)c1ccc(COC(=O)c2ccc(N)c([N+](=O)[O-])c2)o1. The van der Waals surface area contributed by atoms with Crippen molar-refractivity contribution in [2.45, 2.75) is 6.61 Å². The summed E-state index contributed by atoms with van der Waals surface area (Å²) in [6, 6.07) is 6.41. The summed E-state index contributed by atoms with van der Waals surface area (Å²) in [4.78, 5) is 33.2. The molecule has 0 amide bonds. The van der Waals surface area contributed by atoms with E-state index in [0.29, 0.717) is 0 Å². The van der Waals surface area contributed by atoms with E-state index in [-0.39, 0.29) is 35.1 Å². The molecule has 9 nitrogen and oxygen atoms in total. The topological polar surface area (TPSA) is 135 Å². The van der Waals surface area contributed by atoms with E-state index in [4.69, 9.17) is 14.9 Å². The molecule has 1 aromatic carbocycles. The van der Waals surface area contributed by atoms with Gasteiger partial charge in [0.2, 0.25) is 5.76 Å². The number of ether oxygens (including phenoxy) is 2. The number of nitro benzene ring substituents is 1. The van der Waals surface area contributed by atoms with Gasteiger partial charge in [-0.1, -0.05) is 0 Å². The summed E-state index contributed by atoms with van der Waals surface area (Å²) in [5.41, 5.74) is 4.99. The number of hydrogen-bond donors (Lipinski definition) is 1. The number of furan rings is 1. The zero-order valence-electron chi connectivity index (χ0n) is 12.0. The van der Waals surface area contributed by atoms with Gasteiger partial charge in [-0.15, -0.1) is 0 Å². The summed E-state index contributed by atoms with van der Waals surface area (Å²) in [6.45, 7) is -0.242. The Balaban J connectivity index is 2.05. The molecular weight excluding hydrogens is 308 g/mol. The van der Waals surface area contributed by atoms with Gasteiger partial charge in [-0.25, -0.2) is 9.59 Å². The van der Waals surface area contributed by atoms with Gasteiger partial charge >= 0.3 is 11.9 Å². The lowest BCUT2D eigenvalue weighted by Gasteiger charge is -2.04. The molecule has 0 fully saturated rings. The lowest BCUT2D eigenvalue weighted by molar-refractivity contribution is -0.383. The third-order valence-corrected chi connectivity index (χ3v) is 2.86. The van der Waals surface area contributed by atoms with Gasteiger partial charge in [0.1, 0.15) is 18.1 Å². The quantitative estimate of drug-likeness (QED) is 0.382. The van der Waals surface area contributed by atoms with Crippen molar-refractivity contribution in [1.82, 2.24) is 0 Å². The Bertz CT molecular complexity index is 766. The largest absolute Gasteiger partial charge is 0.463 e. The standard InChI is InChI=1S/C14H12N2O7/c1-21-14(18)12-5-3-9(23-12)7-22-13(17)8-2-4-10(15)11(6-8)16(19)20/h2-6H,7,15H2,1H3. The van der Waals surface area contributed by atoms with E-state index in [9.17, 15) is 19.7 Å². The van der Waals surface area contributed by atoms with Crippen LogP contribution in [0.15, 0.2) is 34.7 Å². The second-order valence-corrected chi connectivity index (χ2v) is 4.36. The minimum atomic E-state index is -0.788. The third-order valence-electron chi connectivity index (χ3n) is 2.86. The van der Waals surface area contributed by atoms with Gasteiger partial charge in [0.25, 0.3) is 5.69 Å². The first-order valence-corrected chi connectivity index (χ1v) is 6.30. The van der Waals surface area contributed by atoms with Gasteiger partial charge in [0.05, 0.1) is 17.6 Å². The van der Waals surface area contributed by atoms with E-state index in [1.807, 2.05) is 0 Å². The van der Waals surface area contributed by atoms with Crippen molar-refractivity contribution >= 4 is 23.3 Å². The van der Waals surface area contributed by atoms with Gasteiger partial charge in [-0.2, -0.15) is 0 Å². The summed E-state index contributed by atoms with van der Waals surface area (Å²) >= 11 is 0. The number of benzene rings is 1. The molecule has 1 aromatic heterocycles. The number of anilines is 1. The van der Waals surface area contributed by atoms with Gasteiger partial charge in [0.15, 0.2) is 0 Å². The van der Waals surface area contributed by atoms with Crippen molar-refractivity contribution in [3.8, 4) is 0 Å². The molecule has 0 saturated heterocycles. The van der Waals surface area contributed by atoms with Gasteiger partial charge in [-0.05, 0) is 24.3 Å². The molecule has 2 rings (SSSR count). The molecule has 120 valence electrons. The smallest absolute Gasteiger partial charge is 0.373 e. The zero-order chi connectivity index (χ0) is 17.0. The van der Waals surface area contributed by atoms with Gasteiger partial charge < -0.3 is 19.6 Å². The number of nitrogens with zero attached hydrogens (tertiary/aromatic N) is 1. The fraction of sp³-hybridized carbons (Fsp3) is 0.143. The molecule has 0 saturated carbocycles. The van der Waals surface area contributed by atoms with Crippen molar-refractivity contribution in [3.63, 3.8) is 0 Å². The van der Waals surface area contributed by atoms with Crippen LogP contribution in [-0.2, 0) is 16.1 Å². The van der Waals surface area contributed by atoms with Crippen molar-refractivity contribution < 1.29 is 28.4 Å². The maximum atomic E-state index is 11.9. The molecular formula is C14H12N2O7. The zero-order valence-corrected chi connectivity index (χ0v) is 12.0. The minimum absolute atomic E-state index is 0.0225. The molecule has 0 aliphatic rings. The Morgan fingerprint density at radius 2 is 2.00 bits per heavy atom. The summed E-state index contributed by atoms with van der Waals surface area (Å²) in [7, 11) is 1.21. The molecule has 2 N–H and O–H groups in total. The predicted octanol–water partition coefficient (Wildman–Crippen LogP) is 1.91. The number of methoxy groups -OCH3 is 1. The van der Waals surface area contributed by atoms with E-state index < -0.39 is 16.9 Å². The van der Waals surface area contributed by atoms with E-state index in [1.54, 1.807) is 0 Å². The lowest BCUT2D eigenvalue weighted by Crippen LogP contribution is -2.06. The van der Waals surface area contributed by atoms with Gasteiger partial charge in [0, 0.05) is 6.07 Å². The third kappa shape index (κ3) is 3.64. The molecule has 0 aliphatic carbocycles. The molecule has 9 heteroatoms. The molecule has 2 aromatic rings. The average Bonchev–Trinajstić information content (AvgIpc) is 3.01. The highest BCUT2D eigenvalue weighted by Crippen LogP contribution is 2.23. The molecule has 0 bridgehead atoms. The van der Waals surface area contributed by atoms with Crippen LogP contribution in [0.4, 0.5) is 11.4 Å². The lowest BCUT2D eigenvalue weighted by atomic mass is 10.2. The van der Waals surface area contributed by atoms with Crippen LogP contribution in [0.5, 0.6) is 0 Å². The summed E-state index contributed by atoms with van der Waals surface area (Å²) < 4.78 is 14.6. The fourth-order valence-electron chi connectivity index (χ4n) is 1.71. The van der Waals surface area contributed by atoms with Crippen LogP contribution in [0, 0.1) is 10.1 Å². The monoisotopic (exact) mass is 320 g/mol. The van der Waals surface area contributed by atoms with Crippen LogP contribution in [0.1, 0.15) is 26.7 Å². The second kappa shape index (κ2) is 6.60. The van der Waals surface area contributed by atoms with E-state index in [1.165, 1.54) is 31.4 Å². The van der Waals surface area contributed by atoms with Crippen molar-refractivity contribution in [1.29, 1.82) is 0 Å². The van der Waals surface area contributed by atoms with E-state index in [0.717, 1.165) is 6.07 Å². The highest BCUT2D eigenvalue weighted by molar-refractivity contribution is 5.91. The number of nitro groups is 1. The van der Waals surface area contributed by atoms with Crippen LogP contribution < -0.4 is 5.73 Å². The number of carbonyl (C=O) groups is 2. The summed E-state index contributed by atoms with van der Waals surface area (Å²) in [6.07, 6.45) is 0. The number of rotatable bonds is 5. The van der Waals surface area contributed by atoms with E-state index in [2.05, 4.69) is 4.74 Å². The molecule has 1 heterocycles. The van der Waals surface area contributed by atoms with Crippen LogP contribution in [0.2, 0.25) is 0 Å². The number of nitrogens with two attached hydrogens (primary N) is 1. The number of nitrogen functional groups attached to an aromatic ring is 1. The molecule has 23 heavy (non-hydrogen) atoms. The minimum Gasteiger partial charge on any atom is -0.463 e. The molecule has 0 atom stereocenters. The first kappa shape index (κ1) is 16.0. The van der Waals surface area contributed by atoms with Gasteiger partial charge in [-0.3, -0.25) is 10.1 Å². The number of esters is 2. The first-order valence-electron chi connectivity index (χ1n) is 6.30. The Hall–Kier alpha value is -3.36. The molecule has 0 unspecified atom stereocenters. The molecule has 0 radical (unpaired) electrons. The van der Waals surface area contributed by atoms with Crippen LogP contribution in [0.3, 0.4) is 0 Å². The van der Waals surface area contributed by atoms with Crippen LogP contribution in [-0.4, -0.2) is 24.0 Å². The summed E-state index contributed by atoms with van der Waals surface area (Å²) in [5.74, 6) is -1.24. The normalized spacial score (nSPS) is 10.1. The van der Waals surface area contributed by atoms with Crippen molar-refractivity contribution in [2.75, 3.05) is 12.8 Å². The molecule has 0 spiro atoms. The van der Waals surface area contributed by atoms with Crippen LogP contribution in [0.25, 0.3) is 0 Å². The summed E-state index contributed by atoms with van der Waals surface area (Å²) in [5, 5.41) is 10.8. The Labute approximate surface area is 129 Å². The van der Waals surface area contributed by atoms with Crippen LogP contribution >= 0.6 is 0 Å².